The van der Waals surface area contributed by atoms with Crippen LogP contribution < -0.4 is 9.47 Å². The Morgan fingerprint density at radius 3 is 1.66 bits per heavy atom. The van der Waals surface area contributed by atoms with Gasteiger partial charge in [0.05, 0.1) is 27.7 Å². The van der Waals surface area contributed by atoms with Crippen LogP contribution in [-0.4, -0.2) is 21.4 Å². The first-order valence-electron chi connectivity index (χ1n) is 9.55. The molecule has 0 fully saturated rings. The molecular formula is C22H18F2MnN2O6S2. The average molecular weight is 563 g/mol. The van der Waals surface area contributed by atoms with Crippen LogP contribution in [-0.2, 0) is 29.1 Å². The fourth-order valence-electron chi connectivity index (χ4n) is 2.33. The number of rotatable bonds is 6. The van der Waals surface area contributed by atoms with E-state index in [4.69, 9.17) is 22.2 Å². The molecule has 0 atom stereocenters. The van der Waals surface area contributed by atoms with E-state index in [1.165, 1.54) is 59.9 Å². The van der Waals surface area contributed by atoms with Gasteiger partial charge in [-0.2, -0.15) is 0 Å². The van der Waals surface area contributed by atoms with Crippen molar-refractivity contribution in [3.8, 4) is 21.9 Å². The number of hydrogen-bond donors (Lipinski definition) is 1. The van der Waals surface area contributed by atoms with E-state index < -0.39 is 14.8 Å². The molecule has 35 heavy (non-hydrogen) atoms. The van der Waals surface area contributed by atoms with Crippen LogP contribution in [0.25, 0.3) is 0 Å². The number of carbonyl (C=O) groups excluding carboxylic acids is 1. The number of aliphatic hydroxyl groups is 1. The van der Waals surface area contributed by atoms with Crippen molar-refractivity contribution in [2.75, 3.05) is 0 Å². The molecule has 1 N–H and O–H groups in total. The van der Waals surface area contributed by atoms with Gasteiger partial charge in [-0.25, -0.2) is 18.7 Å². The standard InChI is InChI=1S/C11H10FNO2S.C11H8FNO2S.Mn.2O/c2*1-7-10(6-14)16-11(13-7)15-9-4-2-8(12)3-5-9;;;/h2-5,14H,6H2,1H3;2-6H,1H3;;;. The zero-order valence-corrected chi connectivity index (χ0v) is 21.0. The molecule has 2 heterocycles. The predicted octanol–water partition coefficient (Wildman–Crippen LogP) is 5.83. The quantitative estimate of drug-likeness (QED) is 0.230. The Hall–Kier alpha value is -3.09. The zero-order valence-electron chi connectivity index (χ0n) is 18.2. The molecule has 4 rings (SSSR count). The fourth-order valence-corrected chi connectivity index (χ4v) is 3.87. The molecule has 0 amide bonds. The molecule has 0 aliphatic carbocycles. The maximum absolute atomic E-state index is 12.6. The molecule has 13 heteroatoms. The maximum atomic E-state index is 12.6. The molecule has 2 aromatic heterocycles. The Balaban J connectivity index is 0.000000222. The van der Waals surface area contributed by atoms with E-state index in [9.17, 15) is 13.6 Å². The Kier molecular flexibility index (Phi) is 11.5. The van der Waals surface area contributed by atoms with E-state index in [1.54, 1.807) is 13.8 Å². The first kappa shape index (κ1) is 28.1. The van der Waals surface area contributed by atoms with Crippen molar-refractivity contribution in [2.24, 2.45) is 0 Å². The van der Waals surface area contributed by atoms with E-state index >= 15 is 0 Å². The van der Waals surface area contributed by atoms with Gasteiger partial charge in [-0.05, 0) is 62.4 Å². The summed E-state index contributed by atoms with van der Waals surface area (Å²) in [5.74, 6) is 0.391. The van der Waals surface area contributed by atoms with Gasteiger partial charge in [0.1, 0.15) is 23.1 Å². The zero-order chi connectivity index (χ0) is 25.8. The number of halogens is 2. The molecular weight excluding hydrogens is 545 g/mol. The summed E-state index contributed by atoms with van der Waals surface area (Å²) >= 11 is 1.01. The number of hydrogen-bond acceptors (Lipinski definition) is 10. The van der Waals surface area contributed by atoms with Crippen molar-refractivity contribution >= 4 is 29.0 Å². The Morgan fingerprint density at radius 1 is 0.857 bits per heavy atom. The number of nitrogens with zero attached hydrogens (tertiary/aromatic N) is 2. The number of aldehydes is 1. The minimum atomic E-state index is -1.44. The normalized spacial score (nSPS) is 9.74. The molecule has 8 nitrogen and oxygen atoms in total. The van der Waals surface area contributed by atoms with Gasteiger partial charge in [0.15, 0.2) is 6.29 Å². The van der Waals surface area contributed by atoms with Gasteiger partial charge in [-0.3, -0.25) is 4.79 Å². The topological polar surface area (TPSA) is 116 Å². The van der Waals surface area contributed by atoms with E-state index in [1.807, 2.05) is 0 Å². The molecule has 2 aromatic carbocycles. The summed E-state index contributed by atoms with van der Waals surface area (Å²) in [6.45, 7) is 3.49. The molecule has 0 saturated carbocycles. The molecule has 0 radical (unpaired) electrons. The van der Waals surface area contributed by atoms with Crippen molar-refractivity contribution in [1.82, 2.24) is 9.97 Å². The van der Waals surface area contributed by atoms with Gasteiger partial charge >= 0.3 is 22.5 Å². The number of thiazole rings is 2. The van der Waals surface area contributed by atoms with Crippen molar-refractivity contribution in [2.45, 2.75) is 20.5 Å². The number of ether oxygens (including phenoxy) is 2. The predicted molar refractivity (Wildman–Crippen MR) is 119 cm³/mol. The van der Waals surface area contributed by atoms with Crippen LogP contribution in [0.1, 0.15) is 25.9 Å². The van der Waals surface area contributed by atoms with Crippen molar-refractivity contribution in [1.29, 1.82) is 0 Å². The fraction of sp³-hybridized carbons (Fsp3) is 0.136. The number of aromatic nitrogens is 2. The minimum absolute atomic E-state index is 0.0454. The van der Waals surface area contributed by atoms with Gasteiger partial charge in [0.25, 0.3) is 10.4 Å². The monoisotopic (exact) mass is 563 g/mol. The van der Waals surface area contributed by atoms with Crippen molar-refractivity contribution in [3.63, 3.8) is 0 Å². The van der Waals surface area contributed by atoms with Gasteiger partial charge in [0.2, 0.25) is 0 Å². The van der Waals surface area contributed by atoms with Gasteiger partial charge < -0.3 is 14.6 Å². The molecule has 0 aliphatic rings. The summed E-state index contributed by atoms with van der Waals surface area (Å²) in [7, 11) is 0. The van der Waals surface area contributed by atoms with Crippen LogP contribution in [0.3, 0.4) is 0 Å². The summed E-state index contributed by atoms with van der Waals surface area (Å²) in [5, 5.41) is 9.83. The third kappa shape index (κ3) is 9.23. The van der Waals surface area contributed by atoms with Gasteiger partial charge in [-0.1, -0.05) is 22.7 Å². The number of benzene rings is 2. The summed E-state index contributed by atoms with van der Waals surface area (Å²) in [6, 6.07) is 11.3. The third-order valence-electron chi connectivity index (χ3n) is 3.97. The molecule has 0 spiro atoms. The molecule has 0 saturated heterocycles. The van der Waals surface area contributed by atoms with E-state index in [0.29, 0.717) is 32.5 Å². The SMILES string of the molecule is Cc1nc(Oc2ccc(F)cc2)sc1C=O.Cc1nc(Oc2ccc(F)cc2)sc1CO.[O]=[Mn]=[O]. The van der Waals surface area contributed by atoms with Crippen molar-refractivity contribution in [3.05, 3.63) is 81.3 Å². The van der Waals surface area contributed by atoms with Crippen LogP contribution in [0.4, 0.5) is 8.78 Å². The summed E-state index contributed by atoms with van der Waals surface area (Å²) < 4.78 is 52.9. The molecule has 0 aliphatic heterocycles. The van der Waals surface area contributed by atoms with E-state index in [2.05, 4.69) is 9.97 Å². The molecule has 4 aromatic rings. The number of aliphatic hydroxyl groups excluding tert-OH is 1. The molecule has 0 unspecified atom stereocenters. The summed E-state index contributed by atoms with van der Waals surface area (Å²) in [6.07, 6.45) is 0.741. The first-order valence-corrected chi connectivity index (χ1v) is 12.1. The second-order valence-electron chi connectivity index (χ2n) is 6.37. The van der Waals surface area contributed by atoms with Gasteiger partial charge in [0, 0.05) is 0 Å². The second-order valence-corrected chi connectivity index (χ2v) is 8.60. The molecule has 185 valence electrons. The van der Waals surface area contributed by atoms with Crippen LogP contribution >= 0.6 is 22.7 Å². The Labute approximate surface area is 212 Å². The van der Waals surface area contributed by atoms with Crippen LogP contribution in [0.5, 0.6) is 21.9 Å². The van der Waals surface area contributed by atoms with E-state index in [0.717, 1.165) is 28.2 Å². The third-order valence-corrected chi connectivity index (χ3v) is 5.96. The number of carbonyl (C=O) groups is 1. The summed E-state index contributed by atoms with van der Waals surface area (Å²) in [5.41, 5.74) is 1.39. The molecule has 0 bridgehead atoms. The Bertz CT molecular complexity index is 1270. The van der Waals surface area contributed by atoms with Crippen LogP contribution in [0.15, 0.2) is 48.5 Å². The van der Waals surface area contributed by atoms with Crippen LogP contribution in [0, 0.1) is 25.5 Å². The average Bonchev–Trinajstić information content (AvgIpc) is 3.38. The van der Waals surface area contributed by atoms with Gasteiger partial charge in [-0.15, -0.1) is 0 Å². The first-order chi connectivity index (χ1) is 16.8. The summed E-state index contributed by atoms with van der Waals surface area (Å²) in [4.78, 5) is 20.1. The van der Waals surface area contributed by atoms with Crippen LogP contribution in [0.2, 0.25) is 0 Å². The number of aryl methyl sites for hydroxylation is 2. The Morgan fingerprint density at radius 2 is 1.29 bits per heavy atom. The van der Waals surface area contributed by atoms with E-state index in [-0.39, 0.29) is 18.2 Å². The van der Waals surface area contributed by atoms with Crippen molar-refractivity contribution < 1.29 is 50.6 Å². The second kappa shape index (κ2) is 14.3.